The number of carbonyl (C=O) groups excluding carboxylic acids is 2. The lowest BCUT2D eigenvalue weighted by atomic mass is 9.87. The smallest absolute Gasteiger partial charge is 0.416 e. The summed E-state index contributed by atoms with van der Waals surface area (Å²) < 4.78 is 5.35. The van der Waals surface area contributed by atoms with Gasteiger partial charge in [-0.05, 0) is 35.2 Å². The van der Waals surface area contributed by atoms with Crippen molar-refractivity contribution < 1.29 is 14.3 Å². The molecular weight excluding hydrogens is 448 g/mol. The number of carbonyl (C=O) groups is 2. The summed E-state index contributed by atoms with van der Waals surface area (Å²) in [5, 5.41) is 0.664. The Bertz CT molecular complexity index is 1140. The summed E-state index contributed by atoms with van der Waals surface area (Å²) >= 11 is 6.13. The molecule has 0 unspecified atom stereocenters. The van der Waals surface area contributed by atoms with E-state index in [4.69, 9.17) is 16.3 Å². The van der Waals surface area contributed by atoms with Gasteiger partial charge in [-0.2, -0.15) is 0 Å². The average molecular weight is 475 g/mol. The van der Waals surface area contributed by atoms with E-state index in [0.29, 0.717) is 18.0 Å². The van der Waals surface area contributed by atoms with E-state index in [1.807, 2.05) is 72.8 Å². The van der Waals surface area contributed by atoms with Gasteiger partial charge in [0.25, 0.3) is 0 Å². The Kier molecular flexibility index (Phi) is 6.66. The first-order valence-corrected chi connectivity index (χ1v) is 12.0. The third-order valence-electron chi connectivity index (χ3n) is 6.77. The van der Waals surface area contributed by atoms with Gasteiger partial charge in [-0.15, -0.1) is 0 Å². The molecule has 3 aromatic carbocycles. The highest BCUT2D eigenvalue weighted by Gasteiger charge is 2.46. The van der Waals surface area contributed by atoms with Gasteiger partial charge in [0.2, 0.25) is 5.91 Å². The highest BCUT2D eigenvalue weighted by molar-refractivity contribution is 6.30. The van der Waals surface area contributed by atoms with Crippen molar-refractivity contribution in [2.45, 2.75) is 24.9 Å². The van der Waals surface area contributed by atoms with Crippen molar-refractivity contribution >= 4 is 23.6 Å². The number of hydrogen-bond donors (Lipinski definition) is 0. The average Bonchev–Trinajstić information content (AvgIpc) is 3.44. The van der Waals surface area contributed by atoms with Crippen molar-refractivity contribution in [2.24, 2.45) is 5.92 Å². The Morgan fingerprint density at radius 2 is 1.53 bits per heavy atom. The van der Waals surface area contributed by atoms with Crippen LogP contribution in [0.15, 0.2) is 84.9 Å². The Morgan fingerprint density at radius 3 is 2.21 bits per heavy atom. The van der Waals surface area contributed by atoms with Crippen molar-refractivity contribution in [3.8, 4) is 0 Å². The number of likely N-dealkylation sites (tertiary alicyclic amines) is 1. The standard InChI is InChI=1S/C28H27ClN2O3/c29-23-13-11-22(12-14-23)25-17-30(16-21-9-5-2-6-10-21)18-26(25)27(32)31-24(19-34-28(31)33)15-20-7-3-1-4-8-20/h1-14,24-26H,15-19H2/t24-,25+,26-/m1/s1. The van der Waals surface area contributed by atoms with Gasteiger partial charge in [0.15, 0.2) is 0 Å². The van der Waals surface area contributed by atoms with E-state index in [0.717, 1.165) is 24.2 Å². The summed E-state index contributed by atoms with van der Waals surface area (Å²) in [4.78, 5) is 30.2. The zero-order valence-corrected chi connectivity index (χ0v) is 19.6. The van der Waals surface area contributed by atoms with Crippen molar-refractivity contribution in [2.75, 3.05) is 19.7 Å². The monoisotopic (exact) mass is 474 g/mol. The maximum atomic E-state index is 13.9. The van der Waals surface area contributed by atoms with E-state index in [2.05, 4.69) is 17.0 Å². The molecule has 0 radical (unpaired) electrons. The minimum atomic E-state index is -0.540. The van der Waals surface area contributed by atoms with Crippen LogP contribution in [0.2, 0.25) is 5.02 Å². The molecule has 0 aliphatic carbocycles. The van der Waals surface area contributed by atoms with E-state index in [-0.39, 0.29) is 30.4 Å². The molecule has 34 heavy (non-hydrogen) atoms. The Labute approximate surface area is 204 Å². The highest BCUT2D eigenvalue weighted by atomic mass is 35.5. The van der Waals surface area contributed by atoms with Gasteiger partial charge in [0.1, 0.15) is 6.61 Å². The van der Waals surface area contributed by atoms with Gasteiger partial charge in [-0.25, -0.2) is 9.69 Å². The normalized spacial score (nSPS) is 22.7. The summed E-state index contributed by atoms with van der Waals surface area (Å²) in [6.45, 7) is 2.31. The molecule has 2 aliphatic heterocycles. The van der Waals surface area contributed by atoms with Gasteiger partial charge < -0.3 is 4.74 Å². The lowest BCUT2D eigenvalue weighted by Crippen LogP contribution is -2.45. The number of benzene rings is 3. The molecule has 0 bridgehead atoms. The van der Waals surface area contributed by atoms with E-state index in [1.165, 1.54) is 10.5 Å². The van der Waals surface area contributed by atoms with Crippen molar-refractivity contribution in [3.63, 3.8) is 0 Å². The van der Waals surface area contributed by atoms with Crippen LogP contribution in [0.4, 0.5) is 4.79 Å². The third kappa shape index (κ3) is 4.86. The fraction of sp³-hybridized carbons (Fsp3) is 0.286. The van der Waals surface area contributed by atoms with Gasteiger partial charge in [0.05, 0.1) is 12.0 Å². The number of imide groups is 1. The van der Waals surface area contributed by atoms with Gasteiger partial charge in [-0.3, -0.25) is 9.69 Å². The lowest BCUT2D eigenvalue weighted by molar-refractivity contribution is -0.133. The zero-order valence-electron chi connectivity index (χ0n) is 18.8. The molecule has 0 spiro atoms. The number of nitrogens with zero attached hydrogens (tertiary/aromatic N) is 2. The summed E-state index contributed by atoms with van der Waals surface area (Å²) in [6, 6.07) is 27.6. The molecule has 2 aliphatic rings. The quantitative estimate of drug-likeness (QED) is 0.496. The summed E-state index contributed by atoms with van der Waals surface area (Å²) in [5.41, 5.74) is 3.34. The van der Waals surface area contributed by atoms with Crippen LogP contribution in [0.5, 0.6) is 0 Å². The van der Waals surface area contributed by atoms with Crippen LogP contribution in [-0.4, -0.2) is 47.5 Å². The van der Waals surface area contributed by atoms with E-state index in [1.54, 1.807) is 0 Å². The minimum Gasteiger partial charge on any atom is -0.447 e. The van der Waals surface area contributed by atoms with Crippen molar-refractivity contribution in [3.05, 3.63) is 107 Å². The summed E-state index contributed by atoms with van der Waals surface area (Å²) in [7, 11) is 0. The molecule has 5 nitrogen and oxygen atoms in total. The van der Waals surface area contributed by atoms with Crippen molar-refractivity contribution in [1.82, 2.24) is 9.80 Å². The molecule has 2 amide bonds. The van der Waals surface area contributed by atoms with E-state index in [9.17, 15) is 9.59 Å². The van der Waals surface area contributed by atoms with Gasteiger partial charge in [-0.1, -0.05) is 84.4 Å². The molecule has 0 saturated carbocycles. The highest BCUT2D eigenvalue weighted by Crippen LogP contribution is 2.36. The molecular formula is C28H27ClN2O3. The molecule has 2 heterocycles. The van der Waals surface area contributed by atoms with E-state index < -0.39 is 6.09 Å². The molecule has 5 rings (SSSR count). The van der Waals surface area contributed by atoms with Crippen molar-refractivity contribution in [1.29, 1.82) is 0 Å². The van der Waals surface area contributed by atoms with Crippen LogP contribution in [0.25, 0.3) is 0 Å². The number of rotatable bonds is 6. The van der Waals surface area contributed by atoms with Crippen LogP contribution in [0.3, 0.4) is 0 Å². The number of cyclic esters (lactones) is 1. The fourth-order valence-corrected chi connectivity index (χ4v) is 5.23. The summed E-state index contributed by atoms with van der Waals surface area (Å²) in [6.07, 6.45) is 0.0481. The van der Waals surface area contributed by atoms with Crippen LogP contribution in [-0.2, 0) is 22.5 Å². The Balaban J connectivity index is 1.40. The molecule has 6 heteroatoms. The van der Waals surface area contributed by atoms with Gasteiger partial charge in [0, 0.05) is 30.6 Å². The Morgan fingerprint density at radius 1 is 0.882 bits per heavy atom. The number of amides is 2. The number of ether oxygens (including phenoxy) is 1. The van der Waals surface area contributed by atoms with E-state index >= 15 is 0 Å². The second kappa shape index (κ2) is 10.00. The molecule has 3 atom stereocenters. The maximum absolute atomic E-state index is 13.9. The predicted octanol–water partition coefficient (Wildman–Crippen LogP) is 5.15. The Hall–Kier alpha value is -3.15. The second-order valence-corrected chi connectivity index (χ2v) is 9.51. The zero-order chi connectivity index (χ0) is 23.5. The summed E-state index contributed by atoms with van der Waals surface area (Å²) in [5.74, 6) is -0.521. The molecule has 0 N–H and O–H groups in total. The first kappa shape index (κ1) is 22.6. The third-order valence-corrected chi connectivity index (χ3v) is 7.02. The first-order chi connectivity index (χ1) is 16.6. The topological polar surface area (TPSA) is 49.9 Å². The first-order valence-electron chi connectivity index (χ1n) is 11.6. The maximum Gasteiger partial charge on any atom is 0.416 e. The number of halogens is 1. The molecule has 2 fully saturated rings. The SMILES string of the molecule is O=C1OC[C@@H](Cc2ccccc2)N1C(=O)[C@@H]1CN(Cc2ccccc2)C[C@H]1c1ccc(Cl)cc1. The largest absolute Gasteiger partial charge is 0.447 e. The second-order valence-electron chi connectivity index (χ2n) is 9.07. The van der Waals surface area contributed by atoms with Crippen LogP contribution < -0.4 is 0 Å². The lowest BCUT2D eigenvalue weighted by Gasteiger charge is -2.26. The minimum absolute atomic E-state index is 0.0285. The molecule has 2 saturated heterocycles. The number of hydrogen-bond acceptors (Lipinski definition) is 4. The van der Waals surface area contributed by atoms with Crippen LogP contribution in [0.1, 0.15) is 22.6 Å². The predicted molar refractivity (Wildman–Crippen MR) is 132 cm³/mol. The fourth-order valence-electron chi connectivity index (χ4n) is 5.10. The molecule has 0 aromatic heterocycles. The van der Waals surface area contributed by atoms with Crippen LogP contribution >= 0.6 is 11.6 Å². The van der Waals surface area contributed by atoms with Gasteiger partial charge >= 0.3 is 6.09 Å². The van der Waals surface area contributed by atoms with Crippen LogP contribution in [0, 0.1) is 5.92 Å². The molecule has 3 aromatic rings. The molecule has 174 valence electrons.